The van der Waals surface area contributed by atoms with Gasteiger partial charge >= 0.3 is 0 Å². The third-order valence-electron chi connectivity index (χ3n) is 2.33. The van der Waals surface area contributed by atoms with Crippen LogP contribution in [-0.2, 0) is 6.42 Å². The van der Waals surface area contributed by atoms with Gasteiger partial charge in [-0.1, -0.05) is 15.9 Å². The lowest BCUT2D eigenvalue weighted by atomic mass is 10.1. The lowest BCUT2D eigenvalue weighted by Gasteiger charge is -2.02. The van der Waals surface area contributed by atoms with Crippen LogP contribution in [0, 0.1) is 6.92 Å². The maximum atomic E-state index is 12.1. The van der Waals surface area contributed by atoms with E-state index in [-0.39, 0.29) is 5.78 Å². The van der Waals surface area contributed by atoms with Crippen LogP contribution in [0.4, 0.5) is 0 Å². The van der Waals surface area contributed by atoms with Gasteiger partial charge in [-0.2, -0.15) is 0 Å². The summed E-state index contributed by atoms with van der Waals surface area (Å²) in [6.07, 6.45) is 0.464. The molecule has 2 aromatic rings. The normalized spacial score (nSPS) is 10.5. The first-order chi connectivity index (χ1) is 8.04. The third-order valence-corrected chi connectivity index (χ3v) is 4.41. The van der Waals surface area contributed by atoms with Crippen molar-refractivity contribution in [2.75, 3.05) is 0 Å². The Balaban J connectivity index is 2.19. The van der Waals surface area contributed by atoms with Crippen LogP contribution in [0.15, 0.2) is 38.6 Å². The second-order valence-corrected chi connectivity index (χ2v) is 7.29. The molecule has 0 spiro atoms. The van der Waals surface area contributed by atoms with Crippen molar-refractivity contribution in [1.29, 1.82) is 0 Å². The van der Waals surface area contributed by atoms with Crippen molar-refractivity contribution in [3.8, 4) is 0 Å². The van der Waals surface area contributed by atoms with Crippen LogP contribution in [0.25, 0.3) is 0 Å². The van der Waals surface area contributed by atoms with Crippen molar-refractivity contribution >= 4 is 49.0 Å². The van der Waals surface area contributed by atoms with Gasteiger partial charge in [0, 0.05) is 21.3 Å². The summed E-state index contributed by atoms with van der Waals surface area (Å²) in [7, 11) is 0. The van der Waals surface area contributed by atoms with E-state index in [1.165, 1.54) is 0 Å². The average Bonchev–Trinajstić information content (AvgIpc) is 2.62. The first-order valence-electron chi connectivity index (χ1n) is 5.09. The van der Waals surface area contributed by atoms with Gasteiger partial charge in [0.25, 0.3) is 0 Å². The Bertz CT molecular complexity index is 540. The van der Waals surface area contributed by atoms with E-state index in [9.17, 15) is 4.79 Å². The molecule has 0 radical (unpaired) electrons. The SMILES string of the molecule is Cc1cc(Br)cc(C(=O)Cc2ccc(Br)s2)c1. The monoisotopic (exact) mass is 372 g/mol. The predicted octanol–water partition coefficient (Wildman–Crippen LogP) is 5.01. The van der Waals surface area contributed by atoms with Crippen LogP contribution in [0.5, 0.6) is 0 Å². The average molecular weight is 374 g/mol. The van der Waals surface area contributed by atoms with Gasteiger partial charge in [0.1, 0.15) is 0 Å². The van der Waals surface area contributed by atoms with Crippen LogP contribution in [0.2, 0.25) is 0 Å². The first kappa shape index (κ1) is 13.0. The number of carbonyl (C=O) groups is 1. The Morgan fingerprint density at radius 1 is 1.24 bits per heavy atom. The van der Waals surface area contributed by atoms with E-state index < -0.39 is 0 Å². The van der Waals surface area contributed by atoms with Crippen molar-refractivity contribution in [1.82, 2.24) is 0 Å². The summed E-state index contributed by atoms with van der Waals surface area (Å²) in [5.74, 6) is 0.156. The molecule has 88 valence electrons. The van der Waals surface area contributed by atoms with Gasteiger partial charge in [0.15, 0.2) is 5.78 Å². The highest BCUT2D eigenvalue weighted by atomic mass is 79.9. The minimum absolute atomic E-state index is 0.156. The standard InChI is InChI=1S/C13H10Br2OS/c1-8-4-9(6-10(14)5-8)12(16)7-11-2-3-13(15)17-11/h2-6H,7H2,1H3. The molecule has 0 saturated heterocycles. The van der Waals surface area contributed by atoms with Crippen molar-refractivity contribution in [2.24, 2.45) is 0 Å². The molecular weight excluding hydrogens is 364 g/mol. The summed E-state index contributed by atoms with van der Waals surface area (Å²) >= 11 is 8.42. The number of thiophene rings is 1. The highest BCUT2D eigenvalue weighted by Crippen LogP contribution is 2.24. The predicted molar refractivity (Wildman–Crippen MR) is 78.9 cm³/mol. The molecule has 0 atom stereocenters. The van der Waals surface area contributed by atoms with Crippen LogP contribution >= 0.6 is 43.2 Å². The zero-order valence-electron chi connectivity index (χ0n) is 9.17. The minimum atomic E-state index is 0.156. The van der Waals surface area contributed by atoms with E-state index in [4.69, 9.17) is 0 Å². The molecule has 1 aromatic heterocycles. The Morgan fingerprint density at radius 3 is 2.59 bits per heavy atom. The molecule has 1 aromatic carbocycles. The van der Waals surface area contributed by atoms with Crippen molar-refractivity contribution in [3.63, 3.8) is 0 Å². The summed E-state index contributed by atoms with van der Waals surface area (Å²) in [5.41, 5.74) is 1.86. The van der Waals surface area contributed by atoms with E-state index in [2.05, 4.69) is 31.9 Å². The topological polar surface area (TPSA) is 17.1 Å². The number of ketones is 1. The highest BCUT2D eigenvalue weighted by molar-refractivity contribution is 9.11. The van der Waals surface area contributed by atoms with E-state index in [1.54, 1.807) is 11.3 Å². The number of aryl methyl sites for hydroxylation is 1. The number of benzene rings is 1. The molecule has 0 amide bonds. The zero-order valence-corrected chi connectivity index (χ0v) is 13.2. The minimum Gasteiger partial charge on any atom is -0.294 e. The smallest absolute Gasteiger partial charge is 0.168 e. The molecule has 0 aliphatic carbocycles. The Labute approximate surface area is 121 Å². The largest absolute Gasteiger partial charge is 0.294 e. The maximum Gasteiger partial charge on any atom is 0.168 e. The van der Waals surface area contributed by atoms with Gasteiger partial charge in [-0.25, -0.2) is 0 Å². The molecule has 0 aliphatic rings. The molecule has 2 rings (SSSR count). The van der Waals surface area contributed by atoms with Gasteiger partial charge < -0.3 is 0 Å². The van der Waals surface area contributed by atoms with E-state index in [0.29, 0.717) is 6.42 Å². The molecule has 1 heterocycles. The molecule has 4 heteroatoms. The van der Waals surface area contributed by atoms with Crippen LogP contribution in [0.1, 0.15) is 20.8 Å². The van der Waals surface area contributed by atoms with Gasteiger partial charge in [-0.15, -0.1) is 11.3 Å². The van der Waals surface area contributed by atoms with Gasteiger partial charge in [0.2, 0.25) is 0 Å². The summed E-state index contributed by atoms with van der Waals surface area (Å²) in [4.78, 5) is 13.2. The van der Waals surface area contributed by atoms with Gasteiger partial charge in [-0.3, -0.25) is 4.79 Å². The molecule has 0 N–H and O–H groups in total. The van der Waals surface area contributed by atoms with Gasteiger partial charge in [-0.05, 0) is 58.7 Å². The molecule has 0 unspecified atom stereocenters. The fourth-order valence-electron chi connectivity index (χ4n) is 1.60. The molecule has 0 fully saturated rings. The third kappa shape index (κ3) is 3.50. The fourth-order valence-corrected chi connectivity index (χ4v) is 3.69. The quantitative estimate of drug-likeness (QED) is 0.691. The van der Waals surface area contributed by atoms with Crippen LogP contribution in [0.3, 0.4) is 0 Å². The van der Waals surface area contributed by atoms with Gasteiger partial charge in [0.05, 0.1) is 3.79 Å². The Kier molecular flexibility index (Phi) is 4.17. The lowest BCUT2D eigenvalue weighted by molar-refractivity contribution is 0.0993. The Hall–Kier alpha value is -0.450. The maximum absolute atomic E-state index is 12.1. The second kappa shape index (κ2) is 5.46. The van der Waals surface area contributed by atoms with E-state index in [1.807, 2.05) is 37.3 Å². The van der Waals surface area contributed by atoms with Crippen molar-refractivity contribution < 1.29 is 4.79 Å². The summed E-state index contributed by atoms with van der Waals surface area (Å²) < 4.78 is 2.01. The first-order valence-corrected chi connectivity index (χ1v) is 7.49. The van der Waals surface area contributed by atoms with Crippen molar-refractivity contribution in [2.45, 2.75) is 13.3 Å². The lowest BCUT2D eigenvalue weighted by Crippen LogP contribution is -2.02. The fraction of sp³-hybridized carbons (Fsp3) is 0.154. The van der Waals surface area contributed by atoms with E-state index in [0.717, 1.165) is 24.3 Å². The molecule has 1 nitrogen and oxygen atoms in total. The molecular formula is C13H10Br2OS. The molecule has 0 saturated carbocycles. The second-order valence-electron chi connectivity index (χ2n) is 3.82. The van der Waals surface area contributed by atoms with Crippen molar-refractivity contribution in [3.05, 3.63) is 54.6 Å². The van der Waals surface area contributed by atoms with Crippen LogP contribution in [-0.4, -0.2) is 5.78 Å². The number of Topliss-reactive ketones (excluding diaryl/α,β-unsaturated/α-hetero) is 1. The highest BCUT2D eigenvalue weighted by Gasteiger charge is 2.09. The molecule has 0 aliphatic heterocycles. The van der Waals surface area contributed by atoms with E-state index >= 15 is 0 Å². The van der Waals surface area contributed by atoms with Crippen LogP contribution < -0.4 is 0 Å². The zero-order chi connectivity index (χ0) is 12.4. The summed E-state index contributed by atoms with van der Waals surface area (Å²) in [6, 6.07) is 9.75. The number of rotatable bonds is 3. The number of halogens is 2. The molecule has 0 bridgehead atoms. The summed E-state index contributed by atoms with van der Waals surface area (Å²) in [6.45, 7) is 1.99. The number of hydrogen-bond acceptors (Lipinski definition) is 2. The summed E-state index contributed by atoms with van der Waals surface area (Å²) in [5, 5.41) is 0. The molecule has 17 heavy (non-hydrogen) atoms. The number of carbonyl (C=O) groups excluding carboxylic acids is 1. The Morgan fingerprint density at radius 2 is 2.00 bits per heavy atom. The number of hydrogen-bond donors (Lipinski definition) is 0.